The van der Waals surface area contributed by atoms with Crippen molar-refractivity contribution in [2.75, 3.05) is 13.7 Å². The Balaban J connectivity index is 1.57. The van der Waals surface area contributed by atoms with Gasteiger partial charge >= 0.3 is 0 Å². The van der Waals surface area contributed by atoms with Crippen molar-refractivity contribution >= 4 is 9.84 Å². The predicted octanol–water partition coefficient (Wildman–Crippen LogP) is 2.90. The van der Waals surface area contributed by atoms with Gasteiger partial charge in [-0.25, -0.2) is 18.4 Å². The third-order valence-electron chi connectivity index (χ3n) is 5.52. The summed E-state index contributed by atoms with van der Waals surface area (Å²) in [6, 6.07) is 17.2. The van der Waals surface area contributed by atoms with E-state index < -0.39 is 9.84 Å². The smallest absolute Gasteiger partial charge is 0.251 e. The molecule has 4 rings (SSSR count). The zero-order valence-corrected chi connectivity index (χ0v) is 18.2. The van der Waals surface area contributed by atoms with Crippen LogP contribution < -0.4 is 15.4 Å². The maximum atomic E-state index is 12.9. The summed E-state index contributed by atoms with van der Waals surface area (Å²) in [6.07, 6.45) is 4.96. The van der Waals surface area contributed by atoms with Crippen molar-refractivity contribution in [3.63, 3.8) is 0 Å². The maximum absolute atomic E-state index is 12.9. The first-order valence-corrected chi connectivity index (χ1v) is 11.8. The number of nitrogens with zero attached hydrogens (tertiary/aromatic N) is 2. The average Bonchev–Trinajstić information content (AvgIpc) is 2.84. The first kappa shape index (κ1) is 21.4. The lowest BCUT2D eigenvalue weighted by Crippen LogP contribution is -2.45. The molecule has 1 aliphatic heterocycles. The summed E-state index contributed by atoms with van der Waals surface area (Å²) in [5.41, 5.74) is 2.01. The van der Waals surface area contributed by atoms with Crippen LogP contribution in [-0.2, 0) is 16.4 Å². The van der Waals surface area contributed by atoms with Crippen molar-refractivity contribution in [2.45, 2.75) is 41.5 Å². The van der Waals surface area contributed by atoms with Crippen LogP contribution in [-0.4, -0.2) is 38.1 Å². The van der Waals surface area contributed by atoms with Gasteiger partial charge in [0.1, 0.15) is 5.75 Å². The van der Waals surface area contributed by atoms with E-state index in [1.54, 1.807) is 25.3 Å². The van der Waals surface area contributed by atoms with Crippen LogP contribution in [0.15, 0.2) is 77.0 Å². The number of benzene rings is 2. The Kier molecular flexibility index (Phi) is 6.60. The van der Waals surface area contributed by atoms with Crippen LogP contribution in [0.4, 0.5) is 0 Å². The highest BCUT2D eigenvalue weighted by atomic mass is 32.2. The number of piperidine rings is 1. The molecule has 0 spiro atoms. The predicted molar refractivity (Wildman–Crippen MR) is 118 cm³/mol. The van der Waals surface area contributed by atoms with Gasteiger partial charge in [-0.2, -0.15) is 0 Å². The minimum Gasteiger partial charge on any atom is -0.496 e. The van der Waals surface area contributed by atoms with E-state index in [0.717, 1.165) is 24.9 Å². The third kappa shape index (κ3) is 4.76. The van der Waals surface area contributed by atoms with E-state index in [-0.39, 0.29) is 22.1 Å². The van der Waals surface area contributed by atoms with Crippen molar-refractivity contribution in [2.24, 2.45) is 0 Å². The van der Waals surface area contributed by atoms with Gasteiger partial charge in [-0.3, -0.25) is 0 Å². The Morgan fingerprint density at radius 1 is 1.10 bits per heavy atom. The molecule has 1 aromatic heterocycles. The number of hydrogen-bond acceptors (Lipinski definition) is 7. The molecule has 0 unspecified atom stereocenters. The minimum atomic E-state index is -3.80. The van der Waals surface area contributed by atoms with Crippen molar-refractivity contribution in [3.8, 4) is 5.75 Å². The zero-order valence-electron chi connectivity index (χ0n) is 17.4. The summed E-state index contributed by atoms with van der Waals surface area (Å²) in [5.74, 6) is 0.639. The van der Waals surface area contributed by atoms with E-state index in [0.29, 0.717) is 12.3 Å². The summed E-state index contributed by atoms with van der Waals surface area (Å²) in [6.45, 7) is 1.46. The van der Waals surface area contributed by atoms with Crippen LogP contribution in [0.25, 0.3) is 0 Å². The molecule has 8 heteroatoms. The maximum Gasteiger partial charge on any atom is 0.251 e. The third-order valence-corrected chi connectivity index (χ3v) is 7.08. The highest BCUT2D eigenvalue weighted by Gasteiger charge is 2.26. The second kappa shape index (κ2) is 9.55. The first-order chi connectivity index (χ1) is 15.1. The van der Waals surface area contributed by atoms with E-state index in [1.165, 1.54) is 24.0 Å². The molecule has 2 N–H and O–H groups in total. The van der Waals surface area contributed by atoms with Crippen molar-refractivity contribution in [1.82, 2.24) is 20.6 Å². The average molecular weight is 439 g/mol. The summed E-state index contributed by atoms with van der Waals surface area (Å²) >= 11 is 0. The Labute approximate surface area is 182 Å². The molecule has 162 valence electrons. The second-order valence-electron chi connectivity index (χ2n) is 7.48. The second-order valence-corrected chi connectivity index (χ2v) is 9.32. The van der Waals surface area contributed by atoms with Crippen LogP contribution in [0.3, 0.4) is 0 Å². The first-order valence-electron chi connectivity index (χ1n) is 10.3. The molecule has 3 aromatic rings. The SMILES string of the molecule is COc1ccc(S(=O)(=O)c2ncccn2)cc1CN[C@H]1CCCN[C@H]1c1ccccc1. The number of nitrogens with one attached hydrogen (secondary N) is 2. The molecular formula is C23H26N4O3S. The molecule has 2 atom stereocenters. The van der Waals surface area contributed by atoms with Crippen LogP contribution in [0, 0.1) is 0 Å². The molecular weight excluding hydrogens is 412 g/mol. The normalized spacial score (nSPS) is 19.1. The fourth-order valence-electron chi connectivity index (χ4n) is 3.95. The van der Waals surface area contributed by atoms with E-state index in [1.807, 2.05) is 18.2 Å². The number of rotatable bonds is 7. The number of ether oxygens (including phenoxy) is 1. The van der Waals surface area contributed by atoms with Gasteiger partial charge in [-0.15, -0.1) is 0 Å². The highest BCUT2D eigenvalue weighted by molar-refractivity contribution is 7.91. The Bertz CT molecular complexity index is 1110. The van der Waals surface area contributed by atoms with Gasteiger partial charge in [0.2, 0.25) is 9.84 Å². The highest BCUT2D eigenvalue weighted by Crippen LogP contribution is 2.27. The summed E-state index contributed by atoms with van der Waals surface area (Å²) in [7, 11) is -2.22. The molecule has 2 heterocycles. The zero-order chi connectivity index (χ0) is 21.7. The molecule has 2 aromatic carbocycles. The van der Waals surface area contributed by atoms with Crippen LogP contribution in [0.5, 0.6) is 5.75 Å². The van der Waals surface area contributed by atoms with Crippen LogP contribution >= 0.6 is 0 Å². The lowest BCUT2D eigenvalue weighted by Gasteiger charge is -2.34. The number of sulfone groups is 1. The lowest BCUT2D eigenvalue weighted by molar-refractivity contribution is 0.302. The Morgan fingerprint density at radius 3 is 2.61 bits per heavy atom. The van der Waals surface area contributed by atoms with Crippen molar-refractivity contribution in [3.05, 3.63) is 78.1 Å². The molecule has 0 amide bonds. The molecule has 0 radical (unpaired) electrons. The largest absolute Gasteiger partial charge is 0.496 e. The van der Waals surface area contributed by atoms with Gasteiger partial charge in [0.05, 0.1) is 12.0 Å². The molecule has 31 heavy (non-hydrogen) atoms. The number of methoxy groups -OCH3 is 1. The number of aromatic nitrogens is 2. The molecule has 1 aliphatic rings. The van der Waals surface area contributed by atoms with Gasteiger partial charge in [0, 0.05) is 36.6 Å². The standard InChI is InChI=1S/C23H26N4O3S/c1-30-21-11-10-19(31(28,29)23-25-13-6-14-26-23)15-18(21)16-27-20-9-5-12-24-22(20)17-7-3-2-4-8-17/h2-4,6-8,10-11,13-15,20,22,24,27H,5,9,12,16H2,1H3/t20-,22-/m0/s1. The van der Waals surface area contributed by atoms with E-state index >= 15 is 0 Å². The monoisotopic (exact) mass is 438 g/mol. The lowest BCUT2D eigenvalue weighted by atomic mass is 9.92. The molecule has 0 aliphatic carbocycles. The van der Waals surface area contributed by atoms with Gasteiger partial charge in [0.25, 0.3) is 5.16 Å². The minimum absolute atomic E-state index is 0.151. The van der Waals surface area contributed by atoms with Gasteiger partial charge in [-0.05, 0) is 49.2 Å². The van der Waals surface area contributed by atoms with E-state index in [4.69, 9.17) is 4.74 Å². The van der Waals surface area contributed by atoms with Crippen molar-refractivity contribution < 1.29 is 13.2 Å². The van der Waals surface area contributed by atoms with E-state index in [9.17, 15) is 8.42 Å². The summed E-state index contributed by atoms with van der Waals surface area (Å²) in [5, 5.41) is 7.00. The summed E-state index contributed by atoms with van der Waals surface area (Å²) < 4.78 is 31.4. The fraction of sp³-hybridized carbons (Fsp3) is 0.304. The van der Waals surface area contributed by atoms with Crippen molar-refractivity contribution in [1.29, 1.82) is 0 Å². The van der Waals surface area contributed by atoms with Gasteiger partial charge in [0.15, 0.2) is 0 Å². The van der Waals surface area contributed by atoms with E-state index in [2.05, 4.69) is 32.7 Å². The van der Waals surface area contributed by atoms with Crippen LogP contribution in [0.2, 0.25) is 0 Å². The topological polar surface area (TPSA) is 93.2 Å². The van der Waals surface area contributed by atoms with Gasteiger partial charge < -0.3 is 15.4 Å². The Hall–Kier alpha value is -2.81. The molecule has 1 saturated heterocycles. The molecule has 1 fully saturated rings. The molecule has 7 nitrogen and oxygen atoms in total. The summed E-state index contributed by atoms with van der Waals surface area (Å²) in [4.78, 5) is 7.97. The molecule has 0 saturated carbocycles. The Morgan fingerprint density at radius 2 is 1.87 bits per heavy atom. The quantitative estimate of drug-likeness (QED) is 0.548. The molecule has 0 bridgehead atoms. The van der Waals surface area contributed by atoms with Crippen LogP contribution in [0.1, 0.15) is 30.0 Å². The number of hydrogen-bond donors (Lipinski definition) is 2. The fourth-order valence-corrected chi connectivity index (χ4v) is 5.10. The van der Waals surface area contributed by atoms with Gasteiger partial charge in [-0.1, -0.05) is 30.3 Å².